The van der Waals surface area contributed by atoms with Gasteiger partial charge in [-0.1, -0.05) is 18.2 Å². The van der Waals surface area contributed by atoms with Gasteiger partial charge in [0.2, 0.25) is 11.8 Å². The average molecular weight is 326 g/mol. The third kappa shape index (κ3) is 3.50. The van der Waals surface area contributed by atoms with Gasteiger partial charge in [0, 0.05) is 44.6 Å². The smallest absolute Gasteiger partial charge is 0.246 e. The fraction of sp³-hybridized carbons (Fsp3) is 0.368. The van der Waals surface area contributed by atoms with Crippen LogP contribution in [0.5, 0.6) is 0 Å². The Bertz CT molecular complexity index is 735. The number of hydrogen-bond acceptors (Lipinski definition) is 3. The van der Waals surface area contributed by atoms with Gasteiger partial charge in [0.1, 0.15) is 11.3 Å². The Morgan fingerprint density at radius 2 is 1.92 bits per heavy atom. The van der Waals surface area contributed by atoms with Gasteiger partial charge < -0.3 is 14.2 Å². The molecule has 1 aromatic heterocycles. The quantitative estimate of drug-likeness (QED) is 0.815. The minimum atomic E-state index is -0.0359. The maximum absolute atomic E-state index is 12.3. The summed E-state index contributed by atoms with van der Waals surface area (Å²) in [4.78, 5) is 27.7. The largest absolute Gasteiger partial charge is 0.457 e. The summed E-state index contributed by atoms with van der Waals surface area (Å²) in [5.41, 5.74) is 0.813. The molecule has 3 rings (SSSR count). The second kappa shape index (κ2) is 6.91. The molecular formula is C19H22N2O3. The molecule has 1 aliphatic heterocycles. The summed E-state index contributed by atoms with van der Waals surface area (Å²) in [7, 11) is 3.55. The summed E-state index contributed by atoms with van der Waals surface area (Å²) < 4.78 is 5.67. The average Bonchev–Trinajstić information content (AvgIpc) is 3.02. The zero-order valence-corrected chi connectivity index (χ0v) is 14.1. The number of para-hydroxylation sites is 1. The van der Waals surface area contributed by atoms with Crippen LogP contribution in [-0.4, -0.2) is 48.8 Å². The Labute approximate surface area is 141 Å². The first-order chi connectivity index (χ1) is 11.5. The predicted octanol–water partition coefficient (Wildman–Crippen LogP) is 2.77. The van der Waals surface area contributed by atoms with Gasteiger partial charge in [0.05, 0.1) is 0 Å². The van der Waals surface area contributed by atoms with E-state index < -0.39 is 0 Å². The maximum Gasteiger partial charge on any atom is 0.246 e. The van der Waals surface area contributed by atoms with Gasteiger partial charge in [-0.05, 0) is 31.1 Å². The number of fused-ring (bicyclic) bond motifs is 1. The number of nitrogens with zero attached hydrogens (tertiary/aromatic N) is 2. The van der Waals surface area contributed by atoms with Gasteiger partial charge in [-0.3, -0.25) is 9.59 Å². The monoisotopic (exact) mass is 326 g/mol. The molecule has 0 bridgehead atoms. The third-order valence-corrected chi connectivity index (χ3v) is 4.43. The summed E-state index contributed by atoms with van der Waals surface area (Å²) in [5.74, 6) is 0.816. The Kier molecular flexibility index (Phi) is 4.69. The summed E-state index contributed by atoms with van der Waals surface area (Å²) in [6, 6.07) is 9.67. The Hall–Kier alpha value is -2.56. The minimum absolute atomic E-state index is 0.0309. The van der Waals surface area contributed by atoms with Crippen LogP contribution < -0.4 is 0 Å². The lowest BCUT2D eigenvalue weighted by Gasteiger charge is -2.31. The minimum Gasteiger partial charge on any atom is -0.457 e. The van der Waals surface area contributed by atoms with Crippen LogP contribution >= 0.6 is 0 Å². The first-order valence-electron chi connectivity index (χ1n) is 8.21. The molecule has 2 aromatic rings. The van der Waals surface area contributed by atoms with E-state index in [1.807, 2.05) is 30.3 Å². The summed E-state index contributed by atoms with van der Waals surface area (Å²) in [6.07, 6.45) is 4.70. The number of carbonyl (C=O) groups is 2. The molecule has 0 aliphatic carbocycles. The lowest BCUT2D eigenvalue weighted by molar-refractivity contribution is -0.137. The van der Waals surface area contributed by atoms with E-state index in [0.717, 1.165) is 23.8 Å². The van der Waals surface area contributed by atoms with E-state index in [9.17, 15) is 9.59 Å². The molecule has 0 atom stereocenters. The highest BCUT2D eigenvalue weighted by Crippen LogP contribution is 2.21. The molecule has 2 amide bonds. The molecule has 0 radical (unpaired) electrons. The lowest BCUT2D eigenvalue weighted by Crippen LogP contribution is -2.42. The van der Waals surface area contributed by atoms with Gasteiger partial charge >= 0.3 is 0 Å². The lowest BCUT2D eigenvalue weighted by atomic mass is 9.95. The van der Waals surface area contributed by atoms with Crippen LogP contribution in [0.2, 0.25) is 0 Å². The number of rotatable bonds is 3. The van der Waals surface area contributed by atoms with E-state index in [0.29, 0.717) is 18.8 Å². The molecule has 126 valence electrons. The summed E-state index contributed by atoms with van der Waals surface area (Å²) in [6.45, 7) is 1.24. The first-order valence-corrected chi connectivity index (χ1v) is 8.21. The molecule has 24 heavy (non-hydrogen) atoms. The number of carbonyl (C=O) groups excluding carboxylic acids is 2. The van der Waals surface area contributed by atoms with E-state index in [4.69, 9.17) is 4.42 Å². The number of piperidine rings is 1. The van der Waals surface area contributed by atoms with Crippen molar-refractivity contribution in [3.05, 3.63) is 42.2 Å². The summed E-state index contributed by atoms with van der Waals surface area (Å²) in [5, 5.41) is 1.02. The number of likely N-dealkylation sites (tertiary alicyclic amines) is 1. The Balaban J connectivity index is 1.58. The second-order valence-electron chi connectivity index (χ2n) is 6.35. The molecule has 1 aromatic carbocycles. The van der Waals surface area contributed by atoms with E-state index in [2.05, 4.69) is 0 Å². The molecular weight excluding hydrogens is 304 g/mol. The van der Waals surface area contributed by atoms with Crippen LogP contribution in [-0.2, 0) is 9.59 Å². The normalized spacial score (nSPS) is 16.0. The van der Waals surface area contributed by atoms with Crippen molar-refractivity contribution < 1.29 is 14.0 Å². The molecule has 2 heterocycles. The highest BCUT2D eigenvalue weighted by Gasteiger charge is 2.27. The van der Waals surface area contributed by atoms with Crippen molar-refractivity contribution >= 4 is 28.9 Å². The van der Waals surface area contributed by atoms with Crippen molar-refractivity contribution in [3.63, 3.8) is 0 Å². The highest BCUT2D eigenvalue weighted by molar-refractivity contribution is 5.92. The standard InChI is InChI=1S/C19H22N2O3/c1-20(2)19(23)14-9-11-21(12-10-14)18(22)8-7-16-13-15-5-3-4-6-17(15)24-16/h3-8,13-14H,9-12H2,1-2H3/b8-7+. The van der Waals surface area contributed by atoms with E-state index in [1.54, 1.807) is 36.0 Å². The summed E-state index contributed by atoms with van der Waals surface area (Å²) >= 11 is 0. The second-order valence-corrected chi connectivity index (χ2v) is 6.35. The third-order valence-electron chi connectivity index (χ3n) is 4.43. The molecule has 5 heteroatoms. The van der Waals surface area contributed by atoms with Crippen molar-refractivity contribution in [3.8, 4) is 0 Å². The van der Waals surface area contributed by atoms with Gasteiger partial charge in [-0.15, -0.1) is 0 Å². The molecule has 0 N–H and O–H groups in total. The van der Waals surface area contributed by atoms with E-state index >= 15 is 0 Å². The molecule has 1 saturated heterocycles. The van der Waals surface area contributed by atoms with Crippen molar-refractivity contribution in [1.29, 1.82) is 0 Å². The molecule has 5 nitrogen and oxygen atoms in total. The van der Waals surface area contributed by atoms with Crippen LogP contribution in [0.3, 0.4) is 0 Å². The maximum atomic E-state index is 12.3. The van der Waals surface area contributed by atoms with Crippen LogP contribution in [0.4, 0.5) is 0 Å². The first kappa shape index (κ1) is 16.3. The molecule has 0 saturated carbocycles. The Morgan fingerprint density at radius 1 is 1.21 bits per heavy atom. The van der Waals surface area contributed by atoms with Crippen LogP contribution in [0.25, 0.3) is 17.0 Å². The zero-order valence-electron chi connectivity index (χ0n) is 14.1. The van der Waals surface area contributed by atoms with Crippen LogP contribution in [0.15, 0.2) is 40.8 Å². The fourth-order valence-corrected chi connectivity index (χ4v) is 3.06. The van der Waals surface area contributed by atoms with Gasteiger partial charge in [0.15, 0.2) is 0 Å². The molecule has 1 fully saturated rings. The van der Waals surface area contributed by atoms with Crippen LogP contribution in [0, 0.1) is 5.92 Å². The topological polar surface area (TPSA) is 53.8 Å². The molecule has 0 spiro atoms. The number of furan rings is 1. The fourth-order valence-electron chi connectivity index (χ4n) is 3.06. The van der Waals surface area contributed by atoms with Gasteiger partial charge in [-0.2, -0.15) is 0 Å². The van der Waals surface area contributed by atoms with Crippen molar-refractivity contribution in [2.45, 2.75) is 12.8 Å². The predicted molar refractivity (Wildman–Crippen MR) is 93.2 cm³/mol. The SMILES string of the molecule is CN(C)C(=O)C1CCN(C(=O)/C=C/c2cc3ccccc3o2)CC1. The molecule has 1 aliphatic rings. The van der Waals surface area contributed by atoms with Gasteiger partial charge in [0.25, 0.3) is 0 Å². The van der Waals surface area contributed by atoms with Gasteiger partial charge in [-0.25, -0.2) is 0 Å². The number of amides is 2. The molecule has 0 unspecified atom stereocenters. The zero-order chi connectivity index (χ0) is 17.1. The van der Waals surface area contributed by atoms with Crippen molar-refractivity contribution in [2.75, 3.05) is 27.2 Å². The number of hydrogen-bond donors (Lipinski definition) is 0. The van der Waals surface area contributed by atoms with Crippen molar-refractivity contribution in [2.24, 2.45) is 5.92 Å². The van der Waals surface area contributed by atoms with Crippen molar-refractivity contribution in [1.82, 2.24) is 9.80 Å². The van der Waals surface area contributed by atoms with E-state index in [1.165, 1.54) is 0 Å². The van der Waals surface area contributed by atoms with Crippen LogP contribution in [0.1, 0.15) is 18.6 Å². The Morgan fingerprint density at radius 3 is 2.58 bits per heavy atom. The highest BCUT2D eigenvalue weighted by atomic mass is 16.3. The number of benzene rings is 1. The van der Waals surface area contributed by atoms with E-state index in [-0.39, 0.29) is 17.7 Å².